The Labute approximate surface area is 75.4 Å². The first-order valence-corrected chi connectivity index (χ1v) is 4.88. The fraction of sp³-hybridized carbons (Fsp3) is 0.600. The number of esters is 1. The van der Waals surface area contributed by atoms with Crippen LogP contribution in [0, 0.1) is 0 Å². The Bertz CT molecular complexity index is 296. The summed E-state index contributed by atoms with van der Waals surface area (Å²) in [4.78, 5) is 21.3. The predicted octanol–water partition coefficient (Wildman–Crippen LogP) is -1.74. The molecule has 0 unspecified atom stereocenters. The third-order valence-corrected chi connectivity index (χ3v) is 1.38. The van der Waals surface area contributed by atoms with Gasteiger partial charge >= 0.3 is 5.97 Å². The molecule has 0 aromatic carbocycles. The molecule has 0 atom stereocenters. The van der Waals surface area contributed by atoms with Crippen molar-refractivity contribution in [3.8, 4) is 0 Å². The van der Waals surface area contributed by atoms with E-state index in [0.717, 1.165) is 0 Å². The van der Waals surface area contributed by atoms with Crippen molar-refractivity contribution in [2.75, 3.05) is 6.61 Å². The van der Waals surface area contributed by atoms with Crippen LogP contribution in [0.3, 0.4) is 0 Å². The van der Waals surface area contributed by atoms with Crippen LogP contribution in [0.15, 0.2) is 0 Å². The molecule has 0 fully saturated rings. The van der Waals surface area contributed by atoms with Gasteiger partial charge in [-0.1, -0.05) is 0 Å². The van der Waals surface area contributed by atoms with Crippen LogP contribution in [-0.4, -0.2) is 26.9 Å². The molecule has 0 spiro atoms. The highest BCUT2D eigenvalue weighted by Crippen LogP contribution is 1.86. The molecule has 76 valence electrons. The molecular weight excluding hydrogens is 200 g/mol. The van der Waals surface area contributed by atoms with Gasteiger partial charge in [0.15, 0.2) is 0 Å². The predicted molar refractivity (Wildman–Crippen MR) is 42.5 cm³/mol. The molecule has 0 saturated carbocycles. The summed E-state index contributed by atoms with van der Waals surface area (Å²) in [5.74, 6) is -1.82. The van der Waals surface area contributed by atoms with Gasteiger partial charge in [-0.25, -0.2) is 9.86 Å². The Kier molecular flexibility index (Phi) is 4.35. The number of hydrogen-bond acceptors (Lipinski definition) is 5. The molecule has 0 saturated heterocycles. The summed E-state index contributed by atoms with van der Waals surface area (Å²) in [5.41, 5.74) is 0. The molecule has 0 aliphatic heterocycles. The van der Waals surface area contributed by atoms with Gasteiger partial charge in [0.2, 0.25) is 5.91 Å². The minimum atomic E-state index is -4.09. The molecule has 0 bridgehead atoms. The summed E-state index contributed by atoms with van der Waals surface area (Å²) >= 11 is 0. The fourth-order valence-corrected chi connectivity index (χ4v) is 0.927. The minimum absolute atomic E-state index is 0.126. The summed E-state index contributed by atoms with van der Waals surface area (Å²) in [5, 5.41) is 4.47. The number of nitrogens with two attached hydrogens (primary N) is 1. The van der Waals surface area contributed by atoms with Crippen LogP contribution >= 0.6 is 0 Å². The van der Waals surface area contributed by atoms with E-state index in [2.05, 4.69) is 9.88 Å². The third kappa shape index (κ3) is 7.22. The van der Waals surface area contributed by atoms with E-state index in [1.54, 1.807) is 6.92 Å². The van der Waals surface area contributed by atoms with Crippen LogP contribution in [-0.2, 0) is 24.5 Å². The first-order valence-electron chi connectivity index (χ1n) is 3.34. The van der Waals surface area contributed by atoms with Crippen molar-refractivity contribution in [2.45, 2.75) is 13.3 Å². The first-order chi connectivity index (χ1) is 5.85. The topological polar surface area (TPSA) is 116 Å². The zero-order valence-electron chi connectivity index (χ0n) is 6.94. The SMILES string of the molecule is CCOC(=O)CC(=O)NS(N)(=O)=O. The molecule has 1 amide bonds. The molecule has 0 aliphatic carbocycles. The lowest BCUT2D eigenvalue weighted by molar-refractivity contribution is -0.145. The monoisotopic (exact) mass is 210 g/mol. The van der Waals surface area contributed by atoms with E-state index in [9.17, 15) is 18.0 Å². The highest BCUT2D eigenvalue weighted by Gasteiger charge is 2.13. The Balaban J connectivity index is 3.96. The van der Waals surface area contributed by atoms with Crippen LogP contribution in [0.4, 0.5) is 0 Å². The summed E-state index contributed by atoms with van der Waals surface area (Å²) in [6, 6.07) is 0. The van der Waals surface area contributed by atoms with E-state index >= 15 is 0 Å². The lowest BCUT2D eigenvalue weighted by Crippen LogP contribution is -2.37. The number of hydrogen-bond donors (Lipinski definition) is 2. The van der Waals surface area contributed by atoms with E-state index in [-0.39, 0.29) is 6.61 Å². The van der Waals surface area contributed by atoms with Crippen molar-refractivity contribution in [3.63, 3.8) is 0 Å². The number of ether oxygens (including phenoxy) is 1. The van der Waals surface area contributed by atoms with Gasteiger partial charge in [-0.05, 0) is 6.92 Å². The van der Waals surface area contributed by atoms with Gasteiger partial charge in [-0.15, -0.1) is 0 Å². The van der Waals surface area contributed by atoms with Gasteiger partial charge in [0.05, 0.1) is 6.61 Å². The molecule has 0 heterocycles. The van der Waals surface area contributed by atoms with Crippen molar-refractivity contribution in [1.29, 1.82) is 0 Å². The van der Waals surface area contributed by atoms with E-state index in [4.69, 9.17) is 0 Å². The minimum Gasteiger partial charge on any atom is -0.466 e. The van der Waals surface area contributed by atoms with Gasteiger partial charge in [-0.2, -0.15) is 8.42 Å². The second kappa shape index (κ2) is 4.77. The quantitative estimate of drug-likeness (QED) is 0.422. The van der Waals surface area contributed by atoms with Crippen molar-refractivity contribution in [3.05, 3.63) is 0 Å². The Morgan fingerprint density at radius 2 is 2.00 bits per heavy atom. The van der Waals surface area contributed by atoms with E-state index < -0.39 is 28.5 Å². The number of carbonyl (C=O) groups is 2. The van der Waals surface area contributed by atoms with Gasteiger partial charge in [0, 0.05) is 0 Å². The number of carbonyl (C=O) groups excluding carboxylic acids is 2. The summed E-state index contributed by atoms with van der Waals surface area (Å²) in [6.45, 7) is 1.69. The number of amides is 1. The van der Waals surface area contributed by atoms with Crippen LogP contribution in [0.1, 0.15) is 13.3 Å². The zero-order valence-corrected chi connectivity index (χ0v) is 7.76. The Hall–Kier alpha value is -1.15. The third-order valence-electron chi connectivity index (χ3n) is 0.866. The summed E-state index contributed by atoms with van der Waals surface area (Å²) in [6.07, 6.45) is -0.662. The maximum Gasteiger partial charge on any atom is 0.315 e. The zero-order chi connectivity index (χ0) is 10.5. The Morgan fingerprint density at radius 3 is 2.38 bits per heavy atom. The van der Waals surface area contributed by atoms with E-state index in [0.29, 0.717) is 0 Å². The van der Waals surface area contributed by atoms with Gasteiger partial charge in [0.1, 0.15) is 6.42 Å². The summed E-state index contributed by atoms with van der Waals surface area (Å²) in [7, 11) is -4.09. The van der Waals surface area contributed by atoms with Crippen molar-refractivity contribution in [2.24, 2.45) is 5.14 Å². The lowest BCUT2D eigenvalue weighted by Gasteiger charge is -2.01. The maximum atomic E-state index is 10.7. The van der Waals surface area contributed by atoms with Crippen LogP contribution < -0.4 is 9.86 Å². The molecule has 3 N–H and O–H groups in total. The van der Waals surface area contributed by atoms with Crippen molar-refractivity contribution in [1.82, 2.24) is 4.72 Å². The molecule has 0 aliphatic rings. The normalized spacial score (nSPS) is 10.6. The molecule has 0 rings (SSSR count). The largest absolute Gasteiger partial charge is 0.466 e. The second-order valence-electron chi connectivity index (χ2n) is 2.05. The second-order valence-corrected chi connectivity index (χ2v) is 3.35. The Morgan fingerprint density at radius 1 is 1.46 bits per heavy atom. The molecule has 13 heavy (non-hydrogen) atoms. The summed E-state index contributed by atoms with van der Waals surface area (Å²) < 4.78 is 26.4. The average molecular weight is 210 g/mol. The van der Waals surface area contributed by atoms with Crippen LogP contribution in [0.25, 0.3) is 0 Å². The van der Waals surface area contributed by atoms with E-state index in [1.165, 1.54) is 4.72 Å². The highest BCUT2D eigenvalue weighted by atomic mass is 32.2. The van der Waals surface area contributed by atoms with Crippen LogP contribution in [0.5, 0.6) is 0 Å². The van der Waals surface area contributed by atoms with Gasteiger partial charge in [0.25, 0.3) is 10.2 Å². The fourth-order valence-electron chi connectivity index (χ4n) is 0.538. The first kappa shape index (κ1) is 11.8. The standard InChI is InChI=1S/C5H10N2O5S/c1-2-12-5(9)3-4(8)7-13(6,10)11/h2-3H2,1H3,(H,7,8)(H2,6,10,11). The number of nitrogens with one attached hydrogen (secondary N) is 1. The highest BCUT2D eigenvalue weighted by molar-refractivity contribution is 7.87. The lowest BCUT2D eigenvalue weighted by atomic mass is 10.4. The van der Waals surface area contributed by atoms with E-state index in [1.807, 2.05) is 0 Å². The smallest absolute Gasteiger partial charge is 0.315 e. The van der Waals surface area contributed by atoms with Gasteiger partial charge in [-0.3, -0.25) is 9.59 Å². The van der Waals surface area contributed by atoms with Gasteiger partial charge < -0.3 is 4.74 Å². The number of rotatable bonds is 4. The molecule has 7 nitrogen and oxygen atoms in total. The maximum absolute atomic E-state index is 10.7. The molecule has 0 radical (unpaired) electrons. The molecule has 8 heteroatoms. The molecule has 0 aromatic rings. The van der Waals surface area contributed by atoms with Crippen LogP contribution in [0.2, 0.25) is 0 Å². The molecular formula is C5H10N2O5S. The van der Waals surface area contributed by atoms with Crippen molar-refractivity contribution >= 4 is 22.1 Å². The van der Waals surface area contributed by atoms with Crippen molar-refractivity contribution < 1.29 is 22.7 Å². The average Bonchev–Trinajstić information content (AvgIpc) is 1.81. The molecule has 0 aromatic heterocycles.